The fourth-order valence-electron chi connectivity index (χ4n) is 4.75. The van der Waals surface area contributed by atoms with Crippen LogP contribution >= 0.6 is 27.5 Å². The van der Waals surface area contributed by atoms with E-state index in [2.05, 4.69) is 38.6 Å². The number of methoxy groups -OCH3 is 2. The molecule has 2 aromatic carbocycles. The minimum atomic E-state index is -0.00526. The zero-order valence-electron chi connectivity index (χ0n) is 23.1. The number of aromatic nitrogens is 2. The van der Waals surface area contributed by atoms with Gasteiger partial charge in [-0.15, -0.1) is 0 Å². The van der Waals surface area contributed by atoms with Gasteiger partial charge < -0.3 is 23.9 Å². The van der Waals surface area contributed by atoms with Gasteiger partial charge in [0.1, 0.15) is 11.4 Å². The zero-order valence-corrected chi connectivity index (χ0v) is 25.4. The second kappa shape index (κ2) is 14.4. The normalized spacial score (nSPS) is 11.8. The number of nitrogens with zero attached hydrogens (tertiary/aromatic N) is 2. The molecular weight excluding hydrogens is 594 g/mol. The number of para-hydroxylation sites is 1. The van der Waals surface area contributed by atoms with Crippen LogP contribution in [0.15, 0.2) is 60.8 Å². The first-order valence-corrected chi connectivity index (χ1v) is 14.8. The summed E-state index contributed by atoms with van der Waals surface area (Å²) < 4.78 is 18.8. The van der Waals surface area contributed by atoms with Crippen LogP contribution in [0.5, 0.6) is 17.2 Å². The molecule has 4 aromatic rings. The Bertz CT molecular complexity index is 1440. The van der Waals surface area contributed by atoms with Crippen molar-refractivity contribution in [2.75, 3.05) is 26.2 Å². The number of nitrogens with one attached hydrogen (secondary N) is 1. The van der Waals surface area contributed by atoms with Crippen molar-refractivity contribution in [2.45, 2.75) is 39.2 Å². The predicted molar refractivity (Wildman–Crippen MR) is 162 cm³/mol. The monoisotopic (exact) mass is 627 g/mol. The Kier molecular flexibility index (Phi) is 10.7. The van der Waals surface area contributed by atoms with Gasteiger partial charge in [-0.1, -0.05) is 64.8 Å². The van der Waals surface area contributed by atoms with E-state index in [1.54, 1.807) is 14.2 Å². The van der Waals surface area contributed by atoms with Crippen molar-refractivity contribution >= 4 is 39.1 Å². The molecule has 0 radical (unpaired) electrons. The fraction of sp³-hybridized carbons (Fsp3) is 0.355. The third-order valence-electron chi connectivity index (χ3n) is 6.83. The number of pyridine rings is 1. The van der Waals surface area contributed by atoms with Crippen LogP contribution < -0.4 is 19.5 Å². The Morgan fingerprint density at radius 3 is 2.60 bits per heavy atom. The Morgan fingerprint density at radius 2 is 1.82 bits per heavy atom. The summed E-state index contributed by atoms with van der Waals surface area (Å²) >= 11 is 10.0. The highest BCUT2D eigenvalue weighted by atomic mass is 79.9. The standard InChI is InChI=1S/C31H35BrClN3O4/c1-21(18-23-12-13-27(39-3)31(30(23)33)40-17-15-32)11-14-29(37)34-20-24-25(36-16-7-6-10-28(36)35-24)19-22-8-4-5-9-26(22)38-2/h4-10,12-13,16,21H,11,14-15,17-20H2,1-3H3,(H,34,37). The smallest absolute Gasteiger partial charge is 0.220 e. The molecule has 2 aromatic heterocycles. The number of halogens is 2. The minimum absolute atomic E-state index is 0.00526. The van der Waals surface area contributed by atoms with Gasteiger partial charge in [0.05, 0.1) is 43.8 Å². The fourth-order valence-corrected chi connectivity index (χ4v) is 5.20. The first kappa shape index (κ1) is 29.7. The molecule has 0 aliphatic carbocycles. The summed E-state index contributed by atoms with van der Waals surface area (Å²) in [4.78, 5) is 17.7. The first-order chi connectivity index (χ1) is 19.4. The van der Waals surface area contributed by atoms with Crippen molar-refractivity contribution < 1.29 is 19.0 Å². The van der Waals surface area contributed by atoms with Crippen LogP contribution in [0.2, 0.25) is 5.02 Å². The molecule has 1 atom stereocenters. The molecule has 9 heteroatoms. The molecule has 7 nitrogen and oxygen atoms in total. The number of alkyl halides is 1. The summed E-state index contributed by atoms with van der Waals surface area (Å²) in [5, 5.41) is 4.33. The summed E-state index contributed by atoms with van der Waals surface area (Å²) in [5.41, 5.74) is 4.77. The lowest BCUT2D eigenvalue weighted by atomic mass is 9.96. The Hall–Kier alpha value is -3.23. The molecule has 0 aliphatic rings. The lowest BCUT2D eigenvalue weighted by Crippen LogP contribution is -2.24. The second-order valence-electron chi connectivity index (χ2n) is 9.65. The molecular formula is C31H35BrClN3O4. The summed E-state index contributed by atoms with van der Waals surface area (Å²) in [5.74, 6) is 2.24. The summed E-state index contributed by atoms with van der Waals surface area (Å²) in [7, 11) is 3.27. The van der Waals surface area contributed by atoms with E-state index >= 15 is 0 Å². The van der Waals surface area contributed by atoms with Crippen LogP contribution in [-0.2, 0) is 24.2 Å². The van der Waals surface area contributed by atoms with Crippen molar-refractivity contribution in [3.05, 3.63) is 88.3 Å². The van der Waals surface area contributed by atoms with Gasteiger partial charge in [0, 0.05) is 29.9 Å². The molecule has 0 fully saturated rings. The number of imidazole rings is 1. The van der Waals surface area contributed by atoms with Gasteiger partial charge in [-0.25, -0.2) is 4.98 Å². The van der Waals surface area contributed by atoms with Crippen molar-refractivity contribution in [3.63, 3.8) is 0 Å². The van der Waals surface area contributed by atoms with Gasteiger partial charge >= 0.3 is 0 Å². The quantitative estimate of drug-likeness (QED) is 0.158. The largest absolute Gasteiger partial charge is 0.496 e. The van der Waals surface area contributed by atoms with Gasteiger partial charge in [-0.05, 0) is 48.6 Å². The molecule has 40 heavy (non-hydrogen) atoms. The van der Waals surface area contributed by atoms with Crippen molar-refractivity contribution in [2.24, 2.45) is 5.92 Å². The van der Waals surface area contributed by atoms with E-state index < -0.39 is 0 Å². The van der Waals surface area contributed by atoms with E-state index in [-0.39, 0.29) is 11.8 Å². The number of rotatable bonds is 14. The van der Waals surface area contributed by atoms with Gasteiger partial charge in [0.15, 0.2) is 11.5 Å². The average molecular weight is 629 g/mol. The van der Waals surface area contributed by atoms with Crippen LogP contribution in [0.25, 0.3) is 5.65 Å². The van der Waals surface area contributed by atoms with E-state index in [9.17, 15) is 4.79 Å². The molecule has 4 rings (SSSR count). The number of benzene rings is 2. The SMILES string of the molecule is COc1ccccc1Cc1c(CNC(=O)CCC(C)Cc2ccc(OC)c(OCCBr)c2Cl)nc2ccccn12. The van der Waals surface area contributed by atoms with E-state index in [1.165, 1.54) is 0 Å². The lowest BCUT2D eigenvalue weighted by molar-refractivity contribution is -0.121. The lowest BCUT2D eigenvalue weighted by Gasteiger charge is -2.17. The maximum atomic E-state index is 12.8. The summed E-state index contributed by atoms with van der Waals surface area (Å²) in [6.07, 6.45) is 4.51. The highest BCUT2D eigenvalue weighted by molar-refractivity contribution is 9.09. The second-order valence-corrected chi connectivity index (χ2v) is 10.8. The van der Waals surface area contributed by atoms with E-state index in [1.807, 2.05) is 54.7 Å². The highest BCUT2D eigenvalue weighted by Crippen LogP contribution is 2.38. The maximum absolute atomic E-state index is 12.8. The molecule has 0 aliphatic heterocycles. The third kappa shape index (κ3) is 7.29. The van der Waals surface area contributed by atoms with Crippen molar-refractivity contribution in [1.82, 2.24) is 14.7 Å². The number of carbonyl (C=O) groups is 1. The highest BCUT2D eigenvalue weighted by Gasteiger charge is 2.18. The number of carbonyl (C=O) groups excluding carboxylic acids is 1. The Morgan fingerprint density at radius 1 is 1.05 bits per heavy atom. The van der Waals surface area contributed by atoms with Gasteiger partial charge in [-0.3, -0.25) is 4.79 Å². The predicted octanol–water partition coefficient (Wildman–Crippen LogP) is 6.64. The molecule has 1 unspecified atom stereocenters. The Balaban J connectivity index is 1.38. The Labute approximate surface area is 248 Å². The van der Waals surface area contributed by atoms with E-state index in [4.69, 9.17) is 30.8 Å². The number of fused-ring (bicyclic) bond motifs is 1. The number of amides is 1. The van der Waals surface area contributed by atoms with Gasteiger partial charge in [0.25, 0.3) is 0 Å². The van der Waals surface area contributed by atoms with Gasteiger partial charge in [0.2, 0.25) is 5.91 Å². The molecule has 212 valence electrons. The number of hydrogen-bond acceptors (Lipinski definition) is 5. The van der Waals surface area contributed by atoms with E-state index in [0.717, 1.165) is 46.8 Å². The van der Waals surface area contributed by atoms with Gasteiger partial charge in [-0.2, -0.15) is 0 Å². The molecule has 0 bridgehead atoms. The zero-order chi connectivity index (χ0) is 28.5. The van der Waals surface area contributed by atoms with Crippen molar-refractivity contribution in [3.8, 4) is 17.2 Å². The number of ether oxygens (including phenoxy) is 3. The molecule has 0 saturated heterocycles. The van der Waals surface area contributed by atoms with Crippen molar-refractivity contribution in [1.29, 1.82) is 0 Å². The van der Waals surface area contributed by atoms with Crippen LogP contribution in [-0.4, -0.2) is 41.4 Å². The van der Waals surface area contributed by atoms with Crippen LogP contribution in [0.4, 0.5) is 0 Å². The maximum Gasteiger partial charge on any atom is 0.220 e. The average Bonchev–Trinajstić information content (AvgIpc) is 3.32. The third-order valence-corrected chi connectivity index (χ3v) is 7.57. The number of hydrogen-bond donors (Lipinski definition) is 1. The molecule has 1 N–H and O–H groups in total. The minimum Gasteiger partial charge on any atom is -0.496 e. The first-order valence-electron chi connectivity index (χ1n) is 13.3. The molecule has 0 spiro atoms. The molecule has 2 heterocycles. The summed E-state index contributed by atoms with van der Waals surface area (Å²) in [6, 6.07) is 17.7. The van der Waals surface area contributed by atoms with Crippen LogP contribution in [0, 0.1) is 5.92 Å². The summed E-state index contributed by atoms with van der Waals surface area (Å²) in [6.45, 7) is 2.97. The topological polar surface area (TPSA) is 74.1 Å². The molecule has 0 saturated carbocycles. The van der Waals surface area contributed by atoms with E-state index in [0.29, 0.717) is 47.8 Å². The van der Waals surface area contributed by atoms with Crippen LogP contribution in [0.1, 0.15) is 42.3 Å². The van der Waals surface area contributed by atoms with Crippen LogP contribution in [0.3, 0.4) is 0 Å². The molecule has 1 amide bonds.